The van der Waals surface area contributed by atoms with E-state index in [1.807, 2.05) is 55.6 Å². The number of benzene rings is 2. The lowest BCUT2D eigenvalue weighted by Crippen LogP contribution is -2.37. The molecule has 2 heterocycles. The summed E-state index contributed by atoms with van der Waals surface area (Å²) < 4.78 is 139. The Bertz CT molecular complexity index is 2300. The zero-order valence-electron chi connectivity index (χ0n) is 37.3. The van der Waals surface area contributed by atoms with E-state index in [4.69, 9.17) is 13.8 Å². The van der Waals surface area contributed by atoms with E-state index in [-0.39, 0.29) is 56.5 Å². The summed E-state index contributed by atoms with van der Waals surface area (Å²) >= 11 is 0. The van der Waals surface area contributed by atoms with Gasteiger partial charge in [-0.15, -0.1) is 0 Å². The van der Waals surface area contributed by atoms with Gasteiger partial charge in [0.1, 0.15) is 6.54 Å². The molecule has 0 aliphatic carbocycles. The first kappa shape index (κ1) is 53.2. The molecule has 358 valence electrons. The van der Waals surface area contributed by atoms with Crippen LogP contribution in [0, 0.1) is 0 Å². The van der Waals surface area contributed by atoms with Crippen molar-refractivity contribution in [3.8, 4) is 0 Å². The number of unbranched alkanes of at least 4 members (excludes halogenated alkanes) is 6. The van der Waals surface area contributed by atoms with Crippen LogP contribution in [0.15, 0.2) is 66.4 Å². The van der Waals surface area contributed by atoms with E-state index in [2.05, 4.69) is 29.4 Å². The Labute approximate surface area is 376 Å². The molecule has 2 aromatic rings. The van der Waals surface area contributed by atoms with E-state index in [1.165, 1.54) is 0 Å². The number of allylic oxidation sites excluding steroid dienone is 4. The predicted molar refractivity (Wildman–Crippen MR) is 241 cm³/mol. The highest BCUT2D eigenvalue weighted by molar-refractivity contribution is 7.85. The van der Waals surface area contributed by atoms with E-state index in [0.717, 1.165) is 53.2 Å². The number of ether oxygens (including phenoxy) is 1. The Morgan fingerprint density at radius 1 is 0.859 bits per heavy atom. The Morgan fingerprint density at radius 3 is 2.14 bits per heavy atom. The number of alkyl halides is 3. The van der Waals surface area contributed by atoms with Crippen molar-refractivity contribution in [2.24, 2.45) is 0 Å². The van der Waals surface area contributed by atoms with Crippen molar-refractivity contribution >= 4 is 56.1 Å². The van der Waals surface area contributed by atoms with Crippen LogP contribution in [0.2, 0.25) is 0 Å². The topological polar surface area (TPSA) is 192 Å². The number of hydrogen-bond acceptors (Lipinski definition) is 11. The lowest BCUT2D eigenvalue weighted by atomic mass is 9.81. The van der Waals surface area contributed by atoms with E-state index in [9.17, 15) is 48.5 Å². The first-order valence-electron chi connectivity index (χ1n) is 21.6. The van der Waals surface area contributed by atoms with E-state index >= 15 is 0 Å². The van der Waals surface area contributed by atoms with Crippen molar-refractivity contribution in [2.75, 3.05) is 63.0 Å². The first-order valence-corrected chi connectivity index (χ1v) is 26.3. The zero-order chi connectivity index (χ0) is 47.4. The molecule has 64 heavy (non-hydrogen) atoms. The van der Waals surface area contributed by atoms with Crippen LogP contribution in [0.25, 0.3) is 0 Å². The van der Waals surface area contributed by atoms with Gasteiger partial charge in [0.25, 0.3) is 10.1 Å². The summed E-state index contributed by atoms with van der Waals surface area (Å²) in [5, 5.41) is 2.10. The molecule has 0 bridgehead atoms. The minimum Gasteiger partial charge on any atom is -0.748 e. The molecule has 0 spiro atoms. The smallest absolute Gasteiger partial charge is 0.471 e. The molecule has 1 atom stereocenters. The molecule has 0 fully saturated rings. The number of nitrogens with one attached hydrogen (secondary N) is 1. The van der Waals surface area contributed by atoms with Gasteiger partial charge in [-0.1, -0.05) is 51.0 Å². The predicted octanol–water partition coefficient (Wildman–Crippen LogP) is 7.81. The van der Waals surface area contributed by atoms with Gasteiger partial charge in [-0.25, -0.2) is 8.42 Å². The van der Waals surface area contributed by atoms with Crippen LogP contribution in [0.4, 0.5) is 24.5 Å². The molecule has 1 amide bonds. The number of rotatable bonds is 27. The van der Waals surface area contributed by atoms with Gasteiger partial charge in [0, 0.05) is 73.5 Å². The molecule has 1 unspecified atom stereocenters. The minimum atomic E-state index is -5.00. The number of para-hydroxylation sites is 1. The fourth-order valence-corrected chi connectivity index (χ4v) is 10.9. The van der Waals surface area contributed by atoms with Gasteiger partial charge >= 0.3 is 19.7 Å². The Morgan fingerprint density at radius 2 is 1.50 bits per heavy atom. The maximum atomic E-state index is 14.7. The van der Waals surface area contributed by atoms with Gasteiger partial charge < -0.3 is 28.6 Å². The molecular formula is C44H63F3N3O11PS2. The van der Waals surface area contributed by atoms with Crippen LogP contribution in [0.5, 0.6) is 0 Å². The van der Waals surface area contributed by atoms with Crippen molar-refractivity contribution in [1.29, 1.82) is 0 Å². The summed E-state index contributed by atoms with van der Waals surface area (Å²) in [6, 6.07) is 13.2. The van der Waals surface area contributed by atoms with Gasteiger partial charge in [0.15, 0.2) is 5.71 Å². The number of halogens is 3. The van der Waals surface area contributed by atoms with Crippen LogP contribution in [-0.4, -0.2) is 106 Å². The maximum absolute atomic E-state index is 14.7. The van der Waals surface area contributed by atoms with Crippen LogP contribution in [0.1, 0.15) is 103 Å². The highest BCUT2D eigenvalue weighted by atomic mass is 32.2. The number of nitrogens with zero attached hydrogens (tertiary/aromatic N) is 2. The minimum absolute atomic E-state index is 0.116. The van der Waals surface area contributed by atoms with Gasteiger partial charge in [0.05, 0.1) is 39.8 Å². The SMILES string of the molecule is COCCCCCCOP(=O)(OCCCCNC(=O)C(F)(F)F)c1ccc2c(c1)C(C)(C)C(=CC=CC1=[N+](CCCCS(=O)(=O)O)c3ccccc3C1(C)C)N2CCCCS(=O)(=O)[O-]. The Balaban J connectivity index is 1.68. The fourth-order valence-electron chi connectivity index (χ4n) is 8.08. The summed E-state index contributed by atoms with van der Waals surface area (Å²) in [4.78, 5) is 13.3. The second-order valence-electron chi connectivity index (χ2n) is 17.1. The maximum Gasteiger partial charge on any atom is 0.471 e. The second-order valence-corrected chi connectivity index (χ2v) is 22.2. The zero-order valence-corrected chi connectivity index (χ0v) is 39.9. The van der Waals surface area contributed by atoms with E-state index in [0.29, 0.717) is 39.0 Å². The van der Waals surface area contributed by atoms with Crippen LogP contribution in [-0.2, 0) is 54.2 Å². The molecule has 0 radical (unpaired) electrons. The number of carbonyl (C=O) groups is 1. The number of carbonyl (C=O) groups excluding carboxylic acids is 1. The summed E-state index contributed by atoms with van der Waals surface area (Å²) in [6.45, 7) is 9.46. The number of anilines is 1. The van der Waals surface area contributed by atoms with Crippen molar-refractivity contribution in [3.05, 3.63) is 77.5 Å². The van der Waals surface area contributed by atoms with Crippen LogP contribution in [0.3, 0.4) is 0 Å². The average molecular weight is 962 g/mol. The lowest BCUT2D eigenvalue weighted by molar-refractivity contribution is -0.438. The fraction of sp³-hybridized carbons (Fsp3) is 0.591. The summed E-state index contributed by atoms with van der Waals surface area (Å²) in [7, 11) is -10.9. The Kier molecular flexibility index (Phi) is 19.0. The van der Waals surface area contributed by atoms with Gasteiger partial charge in [0.2, 0.25) is 5.69 Å². The molecule has 0 aromatic heterocycles. The molecule has 14 nitrogen and oxygen atoms in total. The molecule has 0 saturated heterocycles. The normalized spacial score (nSPS) is 17.6. The quantitative estimate of drug-likeness (QED) is 0.0383. The molecule has 0 saturated carbocycles. The summed E-state index contributed by atoms with van der Waals surface area (Å²) in [6.07, 6.45) is 5.65. The average Bonchev–Trinajstić information content (AvgIpc) is 3.55. The summed E-state index contributed by atoms with van der Waals surface area (Å²) in [5.41, 5.74) is 4.30. The van der Waals surface area contributed by atoms with Crippen molar-refractivity contribution in [2.45, 2.75) is 109 Å². The first-order chi connectivity index (χ1) is 29.9. The molecule has 2 N–H and O–H groups in total. The standard InChI is InChI=1S/C44H63F3N3O11PS2/c1-42(2)35-19-8-9-20-37(35)49(26-11-16-31-63(53,54)55)39(42)21-18-22-40-43(3,4)36-33-34(23-24-38(36)50(40)27-12-17-32-64(56,57)58)62(52,60-29-14-7-6-13-28-59-5)61-30-15-10-25-48-41(51)44(45,46)47/h8-9,18-24,33H,6-7,10-17,25-32H2,1-5H3,(H2-,48,51,53,54,55,56,57,58). The third kappa shape index (κ3) is 14.8. The van der Waals surface area contributed by atoms with Crippen molar-refractivity contribution in [3.63, 3.8) is 0 Å². The number of amides is 1. The number of fused-ring (bicyclic) bond motifs is 2. The van der Waals surface area contributed by atoms with Crippen molar-refractivity contribution < 1.29 is 66.8 Å². The highest BCUT2D eigenvalue weighted by Gasteiger charge is 2.45. The highest BCUT2D eigenvalue weighted by Crippen LogP contribution is 2.52. The molecule has 2 aliphatic rings. The largest absolute Gasteiger partial charge is 0.748 e. The monoisotopic (exact) mass is 961 g/mol. The number of methoxy groups -OCH3 is 1. The molecular weight excluding hydrogens is 899 g/mol. The van der Waals surface area contributed by atoms with Gasteiger partial charge in [-0.05, 0) is 88.6 Å². The molecule has 2 aromatic carbocycles. The lowest BCUT2D eigenvalue weighted by Gasteiger charge is -2.27. The Hall–Kier alpha value is -3.42. The molecule has 20 heteroatoms. The van der Waals surface area contributed by atoms with Gasteiger partial charge in [-0.3, -0.25) is 13.9 Å². The van der Waals surface area contributed by atoms with E-state index in [1.54, 1.807) is 25.3 Å². The molecule has 2 aliphatic heterocycles. The number of hydrogen-bond donors (Lipinski definition) is 2. The second kappa shape index (κ2) is 22.9. The van der Waals surface area contributed by atoms with E-state index < -0.39 is 56.5 Å². The van der Waals surface area contributed by atoms with Crippen LogP contribution < -0.4 is 15.5 Å². The third-order valence-corrected chi connectivity index (χ3v) is 15.0. The third-order valence-electron chi connectivity index (χ3n) is 11.4. The summed E-state index contributed by atoms with van der Waals surface area (Å²) in [5.74, 6) is -2.89. The molecule has 4 rings (SSSR count). The van der Waals surface area contributed by atoms with Gasteiger partial charge in [-0.2, -0.15) is 26.2 Å². The van der Waals surface area contributed by atoms with Crippen LogP contribution >= 0.6 is 7.60 Å². The van der Waals surface area contributed by atoms with Crippen molar-refractivity contribution in [1.82, 2.24) is 5.32 Å².